The van der Waals surface area contributed by atoms with Crippen molar-refractivity contribution in [1.29, 1.82) is 0 Å². The maximum Gasteiger partial charge on any atom is 0.0505 e. The zero-order valence-electron chi connectivity index (χ0n) is 9.26. The van der Waals surface area contributed by atoms with Gasteiger partial charge in [-0.05, 0) is 30.6 Å². The van der Waals surface area contributed by atoms with Crippen LogP contribution in [0.1, 0.15) is 45.4 Å². The number of nitrogens with two attached hydrogens (primary N) is 1. The molecule has 2 rings (SSSR count). The lowest BCUT2D eigenvalue weighted by molar-refractivity contribution is 0.129. The van der Waals surface area contributed by atoms with Crippen molar-refractivity contribution in [3.05, 3.63) is 0 Å². The lowest BCUT2D eigenvalue weighted by Gasteiger charge is -2.32. The average Bonchev–Trinajstić information content (AvgIpc) is 2.86. The van der Waals surface area contributed by atoms with Gasteiger partial charge in [0, 0.05) is 12.0 Å². The van der Waals surface area contributed by atoms with Crippen molar-refractivity contribution in [2.45, 2.75) is 45.4 Å². The van der Waals surface area contributed by atoms with Gasteiger partial charge in [-0.1, -0.05) is 26.2 Å². The van der Waals surface area contributed by atoms with Crippen LogP contribution in [0.4, 0.5) is 0 Å². The van der Waals surface area contributed by atoms with Crippen molar-refractivity contribution in [2.24, 2.45) is 22.5 Å². The van der Waals surface area contributed by atoms with Gasteiger partial charge < -0.3 is 10.8 Å². The Balaban J connectivity index is 2.04. The number of aliphatic hydroxyl groups excluding tert-OH is 1. The van der Waals surface area contributed by atoms with Gasteiger partial charge in [-0.25, -0.2) is 0 Å². The van der Waals surface area contributed by atoms with E-state index in [-0.39, 0.29) is 5.41 Å². The molecule has 0 aromatic heterocycles. The molecule has 0 aromatic rings. The second-order valence-corrected chi connectivity index (χ2v) is 5.47. The van der Waals surface area contributed by atoms with Crippen LogP contribution in [0, 0.1) is 16.7 Å². The normalized spacial score (nSPS) is 46.9. The summed E-state index contributed by atoms with van der Waals surface area (Å²) in [5.74, 6) is 0.892. The second kappa shape index (κ2) is 3.49. The summed E-state index contributed by atoms with van der Waals surface area (Å²) in [6, 6.07) is 0. The first-order valence-corrected chi connectivity index (χ1v) is 6.03. The second-order valence-electron chi connectivity index (χ2n) is 5.47. The summed E-state index contributed by atoms with van der Waals surface area (Å²) in [4.78, 5) is 0. The third-order valence-electron chi connectivity index (χ3n) is 4.89. The fourth-order valence-electron chi connectivity index (χ4n) is 3.66. The van der Waals surface area contributed by atoms with Crippen molar-refractivity contribution < 1.29 is 5.11 Å². The van der Waals surface area contributed by atoms with E-state index in [1.807, 2.05) is 0 Å². The average molecular weight is 197 g/mol. The standard InChI is InChI=1S/C12H23NO/c1-2-10-4-3-5-11(6-10)7-12(11,8-13)9-14/h10,14H,2-9,13H2,1H3. The van der Waals surface area contributed by atoms with Crippen LogP contribution in [-0.2, 0) is 0 Å². The van der Waals surface area contributed by atoms with Gasteiger partial charge in [0.15, 0.2) is 0 Å². The molecule has 0 aliphatic heterocycles. The number of hydrogen-bond donors (Lipinski definition) is 2. The van der Waals surface area contributed by atoms with Crippen LogP contribution in [0.2, 0.25) is 0 Å². The van der Waals surface area contributed by atoms with Gasteiger partial charge in [-0.15, -0.1) is 0 Å². The molecule has 3 N–H and O–H groups in total. The highest BCUT2D eigenvalue weighted by Crippen LogP contribution is 2.70. The van der Waals surface area contributed by atoms with Crippen molar-refractivity contribution >= 4 is 0 Å². The van der Waals surface area contributed by atoms with Gasteiger partial charge >= 0.3 is 0 Å². The molecule has 0 radical (unpaired) electrons. The quantitative estimate of drug-likeness (QED) is 0.726. The van der Waals surface area contributed by atoms with Gasteiger partial charge in [0.1, 0.15) is 0 Å². The molecule has 2 aliphatic rings. The van der Waals surface area contributed by atoms with Crippen LogP contribution >= 0.6 is 0 Å². The largest absolute Gasteiger partial charge is 0.396 e. The number of hydrogen-bond acceptors (Lipinski definition) is 2. The molecule has 82 valence electrons. The molecule has 2 heteroatoms. The maximum absolute atomic E-state index is 9.45. The summed E-state index contributed by atoms with van der Waals surface area (Å²) in [7, 11) is 0. The zero-order valence-corrected chi connectivity index (χ0v) is 9.26. The van der Waals surface area contributed by atoms with Gasteiger partial charge in [0.2, 0.25) is 0 Å². The topological polar surface area (TPSA) is 46.2 Å². The molecule has 3 unspecified atom stereocenters. The van der Waals surface area contributed by atoms with E-state index < -0.39 is 0 Å². The van der Waals surface area contributed by atoms with Crippen LogP contribution in [0.5, 0.6) is 0 Å². The Morgan fingerprint density at radius 2 is 2.29 bits per heavy atom. The highest BCUT2D eigenvalue weighted by Gasteiger charge is 2.66. The van der Waals surface area contributed by atoms with Gasteiger partial charge in [-0.2, -0.15) is 0 Å². The predicted octanol–water partition coefficient (Wildman–Crippen LogP) is 1.91. The molecule has 14 heavy (non-hydrogen) atoms. The molecule has 0 bridgehead atoms. The molecule has 2 fully saturated rings. The maximum atomic E-state index is 9.45. The molecular weight excluding hydrogens is 174 g/mol. The molecule has 2 saturated carbocycles. The fraction of sp³-hybridized carbons (Fsp3) is 1.00. The van der Waals surface area contributed by atoms with E-state index in [1.54, 1.807) is 0 Å². The van der Waals surface area contributed by atoms with E-state index in [2.05, 4.69) is 6.92 Å². The minimum Gasteiger partial charge on any atom is -0.396 e. The minimum absolute atomic E-state index is 0.112. The van der Waals surface area contributed by atoms with Crippen LogP contribution in [0.3, 0.4) is 0 Å². The molecule has 2 nitrogen and oxygen atoms in total. The molecule has 0 amide bonds. The first kappa shape index (κ1) is 10.4. The molecule has 0 aromatic carbocycles. The fourth-order valence-corrected chi connectivity index (χ4v) is 3.66. The molecule has 0 heterocycles. The summed E-state index contributed by atoms with van der Waals surface area (Å²) < 4.78 is 0. The summed E-state index contributed by atoms with van der Waals surface area (Å²) in [5, 5.41) is 9.45. The Morgan fingerprint density at radius 3 is 2.79 bits per heavy atom. The summed E-state index contributed by atoms with van der Waals surface area (Å²) in [5.41, 5.74) is 6.36. The minimum atomic E-state index is 0.112. The summed E-state index contributed by atoms with van der Waals surface area (Å²) in [6.07, 6.45) is 7.85. The van der Waals surface area contributed by atoms with Crippen molar-refractivity contribution in [3.8, 4) is 0 Å². The smallest absolute Gasteiger partial charge is 0.0505 e. The van der Waals surface area contributed by atoms with Crippen LogP contribution in [0.25, 0.3) is 0 Å². The summed E-state index contributed by atoms with van der Waals surface area (Å²) in [6.45, 7) is 3.27. The molecule has 1 spiro atoms. The van der Waals surface area contributed by atoms with Gasteiger partial charge in [-0.3, -0.25) is 0 Å². The van der Waals surface area contributed by atoms with Gasteiger partial charge in [0.25, 0.3) is 0 Å². The van der Waals surface area contributed by atoms with Crippen molar-refractivity contribution in [3.63, 3.8) is 0 Å². The SMILES string of the molecule is CCC1CCCC2(C1)CC2(CN)CO. The van der Waals surface area contributed by atoms with E-state index in [0.717, 1.165) is 5.92 Å². The van der Waals surface area contributed by atoms with Crippen molar-refractivity contribution in [2.75, 3.05) is 13.2 Å². The molecule has 2 aliphatic carbocycles. The van der Waals surface area contributed by atoms with E-state index in [1.165, 1.54) is 38.5 Å². The Bertz CT molecular complexity index is 212. The molecule has 0 saturated heterocycles. The van der Waals surface area contributed by atoms with Gasteiger partial charge in [0.05, 0.1) is 6.61 Å². The highest BCUT2D eigenvalue weighted by atomic mass is 16.3. The lowest BCUT2D eigenvalue weighted by Crippen LogP contribution is -2.30. The first-order valence-electron chi connectivity index (χ1n) is 6.03. The Morgan fingerprint density at radius 1 is 1.50 bits per heavy atom. The van der Waals surface area contributed by atoms with E-state index >= 15 is 0 Å². The number of rotatable bonds is 3. The third kappa shape index (κ3) is 1.31. The lowest BCUT2D eigenvalue weighted by atomic mass is 9.73. The Labute approximate surface area is 86.9 Å². The predicted molar refractivity (Wildman–Crippen MR) is 57.9 cm³/mol. The monoisotopic (exact) mass is 197 g/mol. The summed E-state index contributed by atoms with van der Waals surface area (Å²) >= 11 is 0. The molecule has 3 atom stereocenters. The van der Waals surface area contributed by atoms with E-state index in [0.29, 0.717) is 18.6 Å². The van der Waals surface area contributed by atoms with Crippen molar-refractivity contribution in [1.82, 2.24) is 0 Å². The van der Waals surface area contributed by atoms with Crippen LogP contribution < -0.4 is 5.73 Å². The first-order chi connectivity index (χ1) is 6.72. The Hall–Kier alpha value is -0.0800. The molecular formula is C12H23NO. The third-order valence-corrected chi connectivity index (χ3v) is 4.89. The zero-order chi connectivity index (χ0) is 10.2. The number of aliphatic hydroxyl groups is 1. The van der Waals surface area contributed by atoms with E-state index in [4.69, 9.17) is 5.73 Å². The van der Waals surface area contributed by atoms with Crippen LogP contribution in [0.15, 0.2) is 0 Å². The van der Waals surface area contributed by atoms with E-state index in [9.17, 15) is 5.11 Å². The Kier molecular flexibility index (Phi) is 2.61. The highest BCUT2D eigenvalue weighted by molar-refractivity contribution is 5.16. The van der Waals surface area contributed by atoms with Crippen LogP contribution in [-0.4, -0.2) is 18.3 Å².